The van der Waals surface area contributed by atoms with Crippen LogP contribution in [0.15, 0.2) is 16.6 Å². The normalized spacial score (nSPS) is 10.2. The molecule has 0 fully saturated rings. The molecule has 3 nitrogen and oxygen atoms in total. The summed E-state index contributed by atoms with van der Waals surface area (Å²) in [6.45, 7) is 0. The lowest BCUT2D eigenvalue weighted by atomic mass is 10.2. The molecular weight excluding hydrogens is 237 g/mol. The second-order valence-corrected chi connectivity index (χ2v) is 3.31. The Hall–Kier alpha value is -1.41. The molecule has 2 rings (SSSR count). The number of H-pyrrole nitrogens is 1. The van der Waals surface area contributed by atoms with E-state index in [1.165, 1.54) is 0 Å². The Morgan fingerprint density at radius 2 is 2.31 bits per heavy atom. The van der Waals surface area contributed by atoms with Gasteiger partial charge in [0.1, 0.15) is 11.6 Å². The molecule has 1 aromatic heterocycles. The SMILES string of the molecule is N#Cc1c(Br)ccc2[nH]c(F)nc12. The summed E-state index contributed by atoms with van der Waals surface area (Å²) in [4.78, 5) is 5.98. The Labute approximate surface area is 81.3 Å². The van der Waals surface area contributed by atoms with Gasteiger partial charge in [-0.15, -0.1) is 0 Å². The lowest BCUT2D eigenvalue weighted by Gasteiger charge is -1.93. The number of imidazole rings is 1. The molecule has 0 aliphatic carbocycles. The monoisotopic (exact) mass is 239 g/mol. The molecule has 0 radical (unpaired) electrons. The number of hydrogen-bond acceptors (Lipinski definition) is 2. The Morgan fingerprint density at radius 3 is 3.00 bits per heavy atom. The smallest absolute Gasteiger partial charge is 0.287 e. The molecule has 1 aromatic carbocycles. The van der Waals surface area contributed by atoms with E-state index in [9.17, 15) is 4.39 Å². The molecule has 0 saturated heterocycles. The summed E-state index contributed by atoms with van der Waals surface area (Å²) >= 11 is 3.19. The average Bonchev–Trinajstić information content (AvgIpc) is 2.45. The molecule has 64 valence electrons. The summed E-state index contributed by atoms with van der Waals surface area (Å²) in [5, 5.41) is 8.77. The minimum atomic E-state index is -0.676. The number of nitriles is 1. The fourth-order valence-electron chi connectivity index (χ4n) is 1.13. The van der Waals surface area contributed by atoms with E-state index in [-0.39, 0.29) is 0 Å². The van der Waals surface area contributed by atoms with E-state index in [4.69, 9.17) is 5.26 Å². The Morgan fingerprint density at radius 1 is 1.54 bits per heavy atom. The van der Waals surface area contributed by atoms with Crippen LogP contribution in [-0.4, -0.2) is 9.97 Å². The van der Waals surface area contributed by atoms with E-state index in [0.29, 0.717) is 21.1 Å². The predicted octanol–water partition coefficient (Wildman–Crippen LogP) is 2.34. The van der Waals surface area contributed by atoms with Crippen molar-refractivity contribution in [1.82, 2.24) is 9.97 Å². The second-order valence-electron chi connectivity index (χ2n) is 2.46. The first-order valence-corrected chi connectivity index (χ1v) is 4.25. The summed E-state index contributed by atoms with van der Waals surface area (Å²) in [6.07, 6.45) is -0.676. The Bertz CT molecular complexity index is 512. The van der Waals surface area contributed by atoms with Crippen LogP contribution in [0, 0.1) is 17.4 Å². The van der Waals surface area contributed by atoms with Crippen LogP contribution in [0.4, 0.5) is 4.39 Å². The zero-order valence-electron chi connectivity index (χ0n) is 6.31. The van der Waals surface area contributed by atoms with E-state index >= 15 is 0 Å². The highest BCUT2D eigenvalue weighted by Crippen LogP contribution is 2.23. The molecule has 0 aliphatic heterocycles. The molecule has 1 heterocycles. The fraction of sp³-hybridized carbons (Fsp3) is 0. The van der Waals surface area contributed by atoms with Gasteiger partial charge in [0.05, 0.1) is 11.1 Å². The van der Waals surface area contributed by atoms with Crippen LogP contribution in [0.3, 0.4) is 0 Å². The fourth-order valence-corrected chi connectivity index (χ4v) is 1.54. The number of aromatic amines is 1. The van der Waals surface area contributed by atoms with Gasteiger partial charge in [-0.2, -0.15) is 9.65 Å². The van der Waals surface area contributed by atoms with Crippen LogP contribution in [0.5, 0.6) is 0 Å². The Balaban J connectivity index is 2.93. The van der Waals surface area contributed by atoms with Crippen molar-refractivity contribution in [2.75, 3.05) is 0 Å². The third-order valence-electron chi connectivity index (χ3n) is 1.69. The maximum absolute atomic E-state index is 12.7. The summed E-state index contributed by atoms with van der Waals surface area (Å²) in [5.74, 6) is 0. The number of nitrogens with zero attached hydrogens (tertiary/aromatic N) is 2. The highest BCUT2D eigenvalue weighted by Gasteiger charge is 2.09. The molecule has 0 unspecified atom stereocenters. The van der Waals surface area contributed by atoms with E-state index < -0.39 is 6.08 Å². The van der Waals surface area contributed by atoms with Crippen molar-refractivity contribution >= 4 is 27.0 Å². The number of aromatic nitrogens is 2. The minimum Gasteiger partial charge on any atom is -0.314 e. The van der Waals surface area contributed by atoms with Crippen molar-refractivity contribution in [2.45, 2.75) is 0 Å². The molecule has 2 aromatic rings. The third-order valence-corrected chi connectivity index (χ3v) is 2.35. The van der Waals surface area contributed by atoms with Crippen LogP contribution in [0.2, 0.25) is 0 Å². The van der Waals surface area contributed by atoms with Gasteiger partial charge in [-0.05, 0) is 28.1 Å². The van der Waals surface area contributed by atoms with Gasteiger partial charge in [0, 0.05) is 4.47 Å². The minimum absolute atomic E-state index is 0.345. The molecule has 0 amide bonds. The summed E-state index contributed by atoms with van der Waals surface area (Å²) in [7, 11) is 0. The van der Waals surface area contributed by atoms with Gasteiger partial charge in [-0.1, -0.05) is 0 Å². The van der Waals surface area contributed by atoms with E-state index in [0.717, 1.165) is 0 Å². The highest BCUT2D eigenvalue weighted by molar-refractivity contribution is 9.10. The number of benzene rings is 1. The topological polar surface area (TPSA) is 52.5 Å². The van der Waals surface area contributed by atoms with Gasteiger partial charge in [0.25, 0.3) is 6.08 Å². The van der Waals surface area contributed by atoms with Crippen molar-refractivity contribution in [2.24, 2.45) is 0 Å². The first kappa shape index (κ1) is 8.20. The van der Waals surface area contributed by atoms with Gasteiger partial charge in [-0.3, -0.25) is 0 Å². The molecule has 0 bridgehead atoms. The lowest BCUT2D eigenvalue weighted by molar-refractivity contribution is 0.556. The molecular formula is C8H3BrFN3. The largest absolute Gasteiger partial charge is 0.314 e. The van der Waals surface area contributed by atoms with Gasteiger partial charge < -0.3 is 4.98 Å². The quantitative estimate of drug-likeness (QED) is 0.768. The highest BCUT2D eigenvalue weighted by atomic mass is 79.9. The van der Waals surface area contributed by atoms with Crippen LogP contribution in [0.25, 0.3) is 11.0 Å². The zero-order chi connectivity index (χ0) is 9.42. The van der Waals surface area contributed by atoms with Gasteiger partial charge >= 0.3 is 0 Å². The van der Waals surface area contributed by atoms with Crippen LogP contribution in [0.1, 0.15) is 5.56 Å². The summed E-state index contributed by atoms with van der Waals surface area (Å²) in [5.41, 5.74) is 1.23. The first-order valence-electron chi connectivity index (χ1n) is 3.46. The maximum atomic E-state index is 12.7. The van der Waals surface area contributed by atoms with Crippen LogP contribution in [-0.2, 0) is 0 Å². The molecule has 1 N–H and O–H groups in total. The van der Waals surface area contributed by atoms with Crippen molar-refractivity contribution in [3.05, 3.63) is 28.2 Å². The zero-order valence-corrected chi connectivity index (χ0v) is 7.89. The van der Waals surface area contributed by atoms with E-state index in [1.807, 2.05) is 6.07 Å². The molecule has 0 spiro atoms. The lowest BCUT2D eigenvalue weighted by Crippen LogP contribution is -1.80. The molecule has 0 atom stereocenters. The van der Waals surface area contributed by atoms with Gasteiger partial charge in [0.15, 0.2) is 0 Å². The molecule has 0 saturated carbocycles. The number of fused-ring (bicyclic) bond motifs is 1. The summed E-state index contributed by atoms with van der Waals surface area (Å²) in [6, 6.07) is 5.30. The number of hydrogen-bond donors (Lipinski definition) is 1. The van der Waals surface area contributed by atoms with E-state index in [2.05, 4.69) is 25.9 Å². The van der Waals surface area contributed by atoms with Crippen molar-refractivity contribution in [3.63, 3.8) is 0 Å². The van der Waals surface area contributed by atoms with E-state index in [1.54, 1.807) is 12.1 Å². The average molecular weight is 240 g/mol. The number of rotatable bonds is 0. The first-order chi connectivity index (χ1) is 6.22. The molecule has 13 heavy (non-hydrogen) atoms. The van der Waals surface area contributed by atoms with Crippen molar-refractivity contribution < 1.29 is 4.39 Å². The molecule has 5 heteroatoms. The van der Waals surface area contributed by atoms with Crippen LogP contribution < -0.4 is 0 Å². The van der Waals surface area contributed by atoms with Crippen molar-refractivity contribution in [3.8, 4) is 6.07 Å². The molecule has 0 aliphatic rings. The standard InChI is InChI=1S/C8H3BrFN3/c9-5-1-2-6-7(4(5)3-11)13-8(10)12-6/h1-2H,(H,12,13). The van der Waals surface area contributed by atoms with Gasteiger partial charge in [0.2, 0.25) is 0 Å². The maximum Gasteiger partial charge on any atom is 0.287 e. The Kier molecular flexibility index (Phi) is 1.78. The summed E-state index contributed by atoms with van der Waals surface area (Å²) < 4.78 is 13.3. The number of halogens is 2. The second kappa shape index (κ2) is 2.82. The van der Waals surface area contributed by atoms with Gasteiger partial charge in [-0.25, -0.2) is 4.98 Å². The van der Waals surface area contributed by atoms with Crippen LogP contribution >= 0.6 is 15.9 Å². The third kappa shape index (κ3) is 1.19. The number of nitrogens with one attached hydrogen (secondary N) is 1. The predicted molar refractivity (Wildman–Crippen MR) is 48.5 cm³/mol. The van der Waals surface area contributed by atoms with Crippen molar-refractivity contribution in [1.29, 1.82) is 5.26 Å².